The zero-order valence-corrected chi connectivity index (χ0v) is 12.9. The van der Waals surface area contributed by atoms with Crippen LogP contribution in [0.4, 0.5) is 0 Å². The van der Waals surface area contributed by atoms with Gasteiger partial charge in [0.15, 0.2) is 0 Å². The second-order valence-electron chi connectivity index (χ2n) is 5.41. The van der Waals surface area contributed by atoms with Crippen molar-refractivity contribution >= 4 is 12.2 Å². The molecule has 0 radical (unpaired) electrons. The van der Waals surface area contributed by atoms with Gasteiger partial charge in [0.05, 0.1) is 12.8 Å². The molecule has 1 heterocycles. The smallest absolute Gasteiger partial charge is 0.211 e. The van der Waals surface area contributed by atoms with E-state index in [2.05, 4.69) is 15.1 Å². The van der Waals surface area contributed by atoms with Crippen molar-refractivity contribution in [1.82, 2.24) is 4.90 Å². The molecule has 6 nitrogen and oxygen atoms in total. The maximum absolute atomic E-state index is 5.86. The van der Waals surface area contributed by atoms with E-state index in [1.54, 1.807) is 6.21 Å². The van der Waals surface area contributed by atoms with Gasteiger partial charge in [-0.1, -0.05) is 18.6 Å². The Kier molecular flexibility index (Phi) is 6.70. The molecule has 0 aromatic heterocycles. The summed E-state index contributed by atoms with van der Waals surface area (Å²) in [6, 6.07) is 7.72. The first-order valence-corrected chi connectivity index (χ1v) is 7.82. The Bertz CT molecular complexity index is 505. The lowest BCUT2D eigenvalue weighted by atomic mass is 10.1. The van der Waals surface area contributed by atoms with E-state index in [9.17, 15) is 0 Å². The van der Waals surface area contributed by atoms with Crippen LogP contribution in [0.25, 0.3) is 0 Å². The number of rotatable bonds is 7. The highest BCUT2D eigenvalue weighted by Gasteiger charge is 2.09. The van der Waals surface area contributed by atoms with Crippen molar-refractivity contribution in [2.75, 3.05) is 26.2 Å². The third-order valence-corrected chi connectivity index (χ3v) is 3.61. The summed E-state index contributed by atoms with van der Waals surface area (Å²) in [5.74, 6) is 0.742. The molecule has 0 atom stereocenters. The summed E-state index contributed by atoms with van der Waals surface area (Å²) >= 11 is 0. The minimum atomic E-state index is -0.0591. The van der Waals surface area contributed by atoms with Crippen molar-refractivity contribution in [1.29, 1.82) is 0 Å². The summed E-state index contributed by atoms with van der Waals surface area (Å²) < 4.78 is 5.86. The minimum absolute atomic E-state index is 0.0591. The fourth-order valence-corrected chi connectivity index (χ4v) is 2.53. The van der Waals surface area contributed by atoms with Gasteiger partial charge in [-0.2, -0.15) is 5.10 Å². The van der Waals surface area contributed by atoms with Gasteiger partial charge < -0.3 is 21.1 Å². The van der Waals surface area contributed by atoms with Crippen molar-refractivity contribution in [3.05, 3.63) is 29.8 Å². The summed E-state index contributed by atoms with van der Waals surface area (Å²) in [5.41, 5.74) is 11.3. The molecule has 1 aromatic carbocycles. The van der Waals surface area contributed by atoms with Gasteiger partial charge in [0.1, 0.15) is 5.75 Å². The molecular formula is C16H25N5O. The van der Waals surface area contributed by atoms with E-state index in [-0.39, 0.29) is 5.96 Å². The Hall–Kier alpha value is -2.08. The van der Waals surface area contributed by atoms with E-state index in [1.165, 1.54) is 32.4 Å². The molecule has 22 heavy (non-hydrogen) atoms. The lowest BCUT2D eigenvalue weighted by Gasteiger charge is -2.26. The van der Waals surface area contributed by atoms with Crippen LogP contribution in [0.5, 0.6) is 5.75 Å². The third kappa shape index (κ3) is 5.73. The molecule has 6 heteroatoms. The molecule has 0 bridgehead atoms. The fraction of sp³-hybridized carbons (Fsp3) is 0.500. The third-order valence-electron chi connectivity index (χ3n) is 3.61. The number of nitrogens with two attached hydrogens (primary N) is 2. The molecule has 4 N–H and O–H groups in total. The number of nitrogens with zero attached hydrogens (tertiary/aromatic N) is 3. The zero-order chi connectivity index (χ0) is 15.6. The standard InChI is InChI=1S/C16H25N5O/c17-16(18)20-19-13-14-7-2-3-8-15(14)22-12-6-11-21-9-4-1-5-10-21/h2-3,7-8,13H,1,4-6,9-12H2,(H4,17,18,20). The molecule has 1 saturated heterocycles. The normalized spacial score (nSPS) is 15.8. The van der Waals surface area contributed by atoms with Gasteiger partial charge in [0.2, 0.25) is 5.96 Å². The Morgan fingerprint density at radius 1 is 1.18 bits per heavy atom. The van der Waals surface area contributed by atoms with Crippen molar-refractivity contribution < 1.29 is 4.74 Å². The first-order chi connectivity index (χ1) is 10.8. The first kappa shape index (κ1) is 16.3. The van der Waals surface area contributed by atoms with Crippen molar-refractivity contribution in [3.8, 4) is 5.75 Å². The number of ether oxygens (including phenoxy) is 1. The second-order valence-corrected chi connectivity index (χ2v) is 5.41. The van der Waals surface area contributed by atoms with Gasteiger partial charge in [-0.25, -0.2) is 0 Å². The molecular weight excluding hydrogens is 278 g/mol. The summed E-state index contributed by atoms with van der Waals surface area (Å²) in [7, 11) is 0. The number of hydrogen-bond acceptors (Lipinski definition) is 4. The predicted octanol–water partition coefficient (Wildman–Crippen LogP) is 1.55. The van der Waals surface area contributed by atoms with E-state index >= 15 is 0 Å². The van der Waals surface area contributed by atoms with Gasteiger partial charge in [-0.05, 0) is 44.5 Å². The second kappa shape index (κ2) is 9.04. The number of guanidine groups is 1. The molecule has 120 valence electrons. The Morgan fingerprint density at radius 2 is 1.95 bits per heavy atom. The van der Waals surface area contributed by atoms with E-state index in [1.807, 2.05) is 24.3 Å². The number of para-hydroxylation sites is 1. The van der Waals surface area contributed by atoms with Crippen LogP contribution >= 0.6 is 0 Å². The van der Waals surface area contributed by atoms with Crippen LogP contribution in [0, 0.1) is 0 Å². The number of piperidine rings is 1. The SMILES string of the molecule is NC(N)=NN=Cc1ccccc1OCCCN1CCCCC1. The molecule has 0 saturated carbocycles. The molecule has 0 spiro atoms. The number of benzene rings is 1. The van der Waals surface area contributed by atoms with E-state index in [0.29, 0.717) is 6.61 Å². The summed E-state index contributed by atoms with van der Waals surface area (Å²) in [6.45, 7) is 4.25. The molecule has 1 aromatic rings. The van der Waals surface area contributed by atoms with Gasteiger partial charge in [0, 0.05) is 12.1 Å². The Morgan fingerprint density at radius 3 is 2.73 bits per heavy atom. The number of hydrogen-bond donors (Lipinski definition) is 2. The van der Waals surface area contributed by atoms with Crippen molar-refractivity contribution in [3.63, 3.8) is 0 Å². The summed E-state index contributed by atoms with van der Waals surface area (Å²) in [4.78, 5) is 2.51. The van der Waals surface area contributed by atoms with Gasteiger partial charge >= 0.3 is 0 Å². The number of likely N-dealkylation sites (tertiary alicyclic amines) is 1. The molecule has 0 unspecified atom stereocenters. The Labute approximate surface area is 131 Å². The minimum Gasteiger partial charge on any atom is -0.493 e. The van der Waals surface area contributed by atoms with Crippen LogP contribution in [0.2, 0.25) is 0 Å². The zero-order valence-electron chi connectivity index (χ0n) is 12.9. The van der Waals surface area contributed by atoms with Crippen molar-refractivity contribution in [2.45, 2.75) is 25.7 Å². The largest absolute Gasteiger partial charge is 0.493 e. The van der Waals surface area contributed by atoms with Gasteiger partial charge in [0.25, 0.3) is 0 Å². The molecule has 0 amide bonds. The molecule has 1 fully saturated rings. The lowest BCUT2D eigenvalue weighted by Crippen LogP contribution is -2.31. The summed E-state index contributed by atoms with van der Waals surface area (Å²) in [5, 5.41) is 7.43. The maximum Gasteiger partial charge on any atom is 0.211 e. The summed E-state index contributed by atoms with van der Waals surface area (Å²) in [6.07, 6.45) is 6.64. The molecule has 1 aliphatic rings. The lowest BCUT2D eigenvalue weighted by molar-refractivity contribution is 0.205. The van der Waals surface area contributed by atoms with Crippen LogP contribution < -0.4 is 16.2 Å². The highest BCUT2D eigenvalue weighted by Crippen LogP contribution is 2.16. The average Bonchev–Trinajstić information content (AvgIpc) is 2.53. The van der Waals surface area contributed by atoms with E-state index in [4.69, 9.17) is 16.2 Å². The van der Waals surface area contributed by atoms with Crippen LogP contribution in [0.15, 0.2) is 34.5 Å². The molecule has 2 rings (SSSR count). The van der Waals surface area contributed by atoms with E-state index in [0.717, 1.165) is 24.3 Å². The van der Waals surface area contributed by atoms with Crippen LogP contribution in [-0.2, 0) is 0 Å². The van der Waals surface area contributed by atoms with Crippen LogP contribution in [0.1, 0.15) is 31.2 Å². The van der Waals surface area contributed by atoms with Crippen LogP contribution in [0.3, 0.4) is 0 Å². The van der Waals surface area contributed by atoms with Gasteiger partial charge in [-0.15, -0.1) is 5.10 Å². The topological polar surface area (TPSA) is 89.2 Å². The molecule has 0 aliphatic carbocycles. The predicted molar refractivity (Wildman–Crippen MR) is 90.2 cm³/mol. The van der Waals surface area contributed by atoms with Crippen molar-refractivity contribution in [2.24, 2.45) is 21.7 Å². The fourth-order valence-electron chi connectivity index (χ4n) is 2.53. The first-order valence-electron chi connectivity index (χ1n) is 7.82. The quantitative estimate of drug-likeness (QED) is 0.346. The maximum atomic E-state index is 5.86. The van der Waals surface area contributed by atoms with Crippen LogP contribution in [-0.4, -0.2) is 43.3 Å². The highest BCUT2D eigenvalue weighted by atomic mass is 16.5. The molecule has 1 aliphatic heterocycles. The van der Waals surface area contributed by atoms with E-state index < -0.39 is 0 Å². The Balaban J connectivity index is 1.79. The monoisotopic (exact) mass is 303 g/mol. The van der Waals surface area contributed by atoms with Gasteiger partial charge in [-0.3, -0.25) is 0 Å². The average molecular weight is 303 g/mol. The highest BCUT2D eigenvalue weighted by molar-refractivity contribution is 5.84.